The van der Waals surface area contributed by atoms with Crippen molar-refractivity contribution in [2.24, 2.45) is 7.05 Å². The summed E-state index contributed by atoms with van der Waals surface area (Å²) in [4.78, 5) is 16.3. The summed E-state index contributed by atoms with van der Waals surface area (Å²) in [5, 5.41) is 8.28. The lowest BCUT2D eigenvalue weighted by molar-refractivity contribution is 0.164. The molecule has 0 atom stereocenters. The molecule has 2 heterocycles. The second-order valence-electron chi connectivity index (χ2n) is 5.21. The largest absolute Gasteiger partial charge is 0.323 e. The van der Waals surface area contributed by atoms with Crippen LogP contribution < -0.4 is 5.32 Å². The maximum Gasteiger partial charge on any atom is 0.323 e. The van der Waals surface area contributed by atoms with Gasteiger partial charge in [-0.3, -0.25) is 10.00 Å². The van der Waals surface area contributed by atoms with Crippen molar-refractivity contribution < 1.29 is 4.79 Å². The number of aromatic nitrogens is 2. The van der Waals surface area contributed by atoms with Gasteiger partial charge >= 0.3 is 6.03 Å². The number of hydrogen-bond acceptors (Lipinski definition) is 3. The third-order valence-corrected chi connectivity index (χ3v) is 3.77. The first-order valence-electron chi connectivity index (χ1n) is 6.81. The lowest BCUT2D eigenvalue weighted by Crippen LogP contribution is -2.48. The number of fused-ring (bicyclic) bond motifs is 1. The van der Waals surface area contributed by atoms with Gasteiger partial charge in [0.2, 0.25) is 0 Å². The number of carbonyl (C=O) groups is 1. The van der Waals surface area contributed by atoms with Gasteiger partial charge in [-0.1, -0.05) is 12.1 Å². The van der Waals surface area contributed by atoms with E-state index in [2.05, 4.69) is 22.4 Å². The fourth-order valence-electron chi connectivity index (χ4n) is 2.50. The normalized spacial score (nSPS) is 16.6. The van der Waals surface area contributed by atoms with Crippen molar-refractivity contribution in [2.75, 3.05) is 38.5 Å². The summed E-state index contributed by atoms with van der Waals surface area (Å²) >= 11 is 0. The van der Waals surface area contributed by atoms with E-state index in [0.29, 0.717) is 5.82 Å². The lowest BCUT2D eigenvalue weighted by Gasteiger charge is -2.32. The number of hydrogen-bond donors (Lipinski definition) is 1. The lowest BCUT2D eigenvalue weighted by atomic mass is 10.2. The number of para-hydroxylation sites is 1. The molecule has 6 nitrogen and oxygen atoms in total. The quantitative estimate of drug-likeness (QED) is 0.853. The number of nitrogens with one attached hydrogen (secondary N) is 1. The first kappa shape index (κ1) is 12.9. The number of benzene rings is 1. The van der Waals surface area contributed by atoms with E-state index in [-0.39, 0.29) is 6.03 Å². The van der Waals surface area contributed by atoms with Crippen molar-refractivity contribution in [3.05, 3.63) is 24.3 Å². The van der Waals surface area contributed by atoms with Crippen LogP contribution in [0.3, 0.4) is 0 Å². The van der Waals surface area contributed by atoms with Gasteiger partial charge in [-0.25, -0.2) is 4.79 Å². The van der Waals surface area contributed by atoms with E-state index >= 15 is 0 Å². The number of nitrogens with zero attached hydrogens (tertiary/aromatic N) is 4. The Morgan fingerprint density at radius 3 is 2.60 bits per heavy atom. The van der Waals surface area contributed by atoms with Gasteiger partial charge in [0.05, 0.1) is 5.52 Å². The van der Waals surface area contributed by atoms with Gasteiger partial charge in [0.15, 0.2) is 5.82 Å². The average molecular weight is 273 g/mol. The zero-order valence-electron chi connectivity index (χ0n) is 11.8. The Labute approximate surface area is 118 Å². The highest BCUT2D eigenvalue weighted by molar-refractivity contribution is 5.99. The number of anilines is 1. The van der Waals surface area contributed by atoms with E-state index in [9.17, 15) is 4.79 Å². The molecule has 1 fully saturated rings. The second kappa shape index (κ2) is 5.13. The number of likely N-dealkylation sites (N-methyl/N-ethyl adjacent to an activating group) is 1. The maximum atomic E-state index is 12.3. The van der Waals surface area contributed by atoms with Crippen LogP contribution in [0.2, 0.25) is 0 Å². The van der Waals surface area contributed by atoms with Crippen LogP contribution in [-0.4, -0.2) is 58.8 Å². The van der Waals surface area contributed by atoms with Crippen molar-refractivity contribution in [1.82, 2.24) is 19.6 Å². The third-order valence-electron chi connectivity index (χ3n) is 3.77. The van der Waals surface area contributed by atoms with Gasteiger partial charge < -0.3 is 9.80 Å². The molecule has 1 aromatic carbocycles. The zero-order chi connectivity index (χ0) is 14.1. The molecular weight excluding hydrogens is 254 g/mol. The molecular formula is C14H19N5O. The maximum absolute atomic E-state index is 12.3. The van der Waals surface area contributed by atoms with Crippen LogP contribution in [0.15, 0.2) is 24.3 Å². The highest BCUT2D eigenvalue weighted by Crippen LogP contribution is 2.22. The van der Waals surface area contributed by atoms with Crippen molar-refractivity contribution in [3.63, 3.8) is 0 Å². The van der Waals surface area contributed by atoms with Gasteiger partial charge in [-0.05, 0) is 19.2 Å². The Balaban J connectivity index is 1.78. The molecule has 0 radical (unpaired) electrons. The average Bonchev–Trinajstić information content (AvgIpc) is 2.77. The molecule has 6 heteroatoms. The molecule has 0 bridgehead atoms. The number of piperazine rings is 1. The van der Waals surface area contributed by atoms with Gasteiger partial charge in [0, 0.05) is 38.6 Å². The van der Waals surface area contributed by atoms with Crippen LogP contribution in [0.25, 0.3) is 10.9 Å². The van der Waals surface area contributed by atoms with Crippen LogP contribution in [-0.2, 0) is 7.05 Å². The van der Waals surface area contributed by atoms with E-state index in [1.54, 1.807) is 4.68 Å². The molecule has 0 aliphatic carbocycles. The van der Waals surface area contributed by atoms with Crippen molar-refractivity contribution in [1.29, 1.82) is 0 Å². The minimum absolute atomic E-state index is 0.0676. The van der Waals surface area contributed by atoms with Crippen molar-refractivity contribution >= 4 is 22.8 Å². The molecule has 2 aromatic rings. The molecule has 3 rings (SSSR count). The highest BCUT2D eigenvalue weighted by Gasteiger charge is 2.20. The topological polar surface area (TPSA) is 53.4 Å². The number of amides is 2. The van der Waals surface area contributed by atoms with Crippen molar-refractivity contribution in [2.45, 2.75) is 0 Å². The van der Waals surface area contributed by atoms with E-state index < -0.39 is 0 Å². The summed E-state index contributed by atoms with van der Waals surface area (Å²) in [5.74, 6) is 0.632. The smallest absolute Gasteiger partial charge is 0.322 e. The van der Waals surface area contributed by atoms with Crippen LogP contribution in [0.4, 0.5) is 10.6 Å². The summed E-state index contributed by atoms with van der Waals surface area (Å²) in [7, 11) is 3.95. The van der Waals surface area contributed by atoms with Gasteiger partial charge in [0.1, 0.15) is 0 Å². The molecule has 1 aliphatic rings. The van der Waals surface area contributed by atoms with Crippen LogP contribution in [0, 0.1) is 0 Å². The predicted molar refractivity (Wildman–Crippen MR) is 78.8 cm³/mol. The monoisotopic (exact) mass is 273 g/mol. The second-order valence-corrected chi connectivity index (χ2v) is 5.21. The van der Waals surface area contributed by atoms with E-state index in [1.165, 1.54) is 0 Å². The number of urea groups is 1. The highest BCUT2D eigenvalue weighted by atomic mass is 16.2. The fraction of sp³-hybridized carbons (Fsp3) is 0.429. The molecule has 1 aliphatic heterocycles. The molecule has 0 saturated carbocycles. The van der Waals surface area contributed by atoms with Crippen LogP contribution in [0.5, 0.6) is 0 Å². The fourth-order valence-corrected chi connectivity index (χ4v) is 2.50. The summed E-state index contributed by atoms with van der Waals surface area (Å²) < 4.78 is 1.79. The summed E-state index contributed by atoms with van der Waals surface area (Å²) in [6.07, 6.45) is 0. The first-order chi connectivity index (χ1) is 9.65. The Kier molecular flexibility index (Phi) is 3.31. The Bertz CT molecular complexity index is 628. The minimum atomic E-state index is -0.0676. The molecule has 0 unspecified atom stereocenters. The molecule has 20 heavy (non-hydrogen) atoms. The van der Waals surface area contributed by atoms with Crippen LogP contribution in [0.1, 0.15) is 0 Å². The van der Waals surface area contributed by atoms with Gasteiger partial charge in [-0.2, -0.15) is 5.10 Å². The predicted octanol–water partition coefficient (Wildman–Crippen LogP) is 1.35. The summed E-state index contributed by atoms with van der Waals surface area (Å²) in [6, 6.07) is 7.82. The Hall–Kier alpha value is -2.08. The van der Waals surface area contributed by atoms with Gasteiger partial charge in [0.25, 0.3) is 0 Å². The third kappa shape index (κ3) is 2.34. The molecule has 1 saturated heterocycles. The number of aryl methyl sites for hydroxylation is 1. The molecule has 0 spiro atoms. The first-order valence-corrected chi connectivity index (χ1v) is 6.81. The van der Waals surface area contributed by atoms with Crippen molar-refractivity contribution in [3.8, 4) is 0 Å². The SMILES string of the molecule is CN1CCN(C(=O)Nc2nn(C)c3ccccc23)CC1. The zero-order valence-corrected chi connectivity index (χ0v) is 11.8. The van der Waals surface area contributed by atoms with E-state index in [1.807, 2.05) is 36.2 Å². The van der Waals surface area contributed by atoms with Crippen LogP contribution >= 0.6 is 0 Å². The van der Waals surface area contributed by atoms with E-state index in [0.717, 1.165) is 37.1 Å². The molecule has 1 N–H and O–H groups in total. The van der Waals surface area contributed by atoms with E-state index in [4.69, 9.17) is 0 Å². The molecule has 1 aromatic heterocycles. The molecule has 106 valence electrons. The standard InChI is InChI=1S/C14H19N5O/c1-17-7-9-19(10-8-17)14(20)15-13-11-5-3-4-6-12(11)18(2)16-13/h3-6H,7-10H2,1-2H3,(H,15,16,20). The Morgan fingerprint density at radius 1 is 1.15 bits per heavy atom. The minimum Gasteiger partial charge on any atom is -0.322 e. The summed E-state index contributed by atoms with van der Waals surface area (Å²) in [5.41, 5.74) is 1.01. The Morgan fingerprint density at radius 2 is 1.85 bits per heavy atom. The van der Waals surface area contributed by atoms with Gasteiger partial charge in [-0.15, -0.1) is 0 Å². The summed E-state index contributed by atoms with van der Waals surface area (Å²) in [6.45, 7) is 3.34. The number of rotatable bonds is 1. The number of carbonyl (C=O) groups excluding carboxylic acids is 1. The molecule has 2 amide bonds.